The van der Waals surface area contributed by atoms with Gasteiger partial charge in [-0.05, 0) is 43.7 Å². The number of hydrogen-bond acceptors (Lipinski definition) is 8. The number of carbonyl (C=O) groups excluding carboxylic acids is 4. The maximum absolute atomic E-state index is 12.2. The van der Waals surface area contributed by atoms with Crippen molar-refractivity contribution in [1.29, 1.82) is 0 Å². The molecule has 0 aliphatic rings. The second-order valence-corrected chi connectivity index (χ2v) is 6.86. The number of anilines is 1. The van der Waals surface area contributed by atoms with E-state index in [0.717, 1.165) is 4.88 Å². The van der Waals surface area contributed by atoms with Gasteiger partial charge in [-0.25, -0.2) is 14.4 Å². The van der Waals surface area contributed by atoms with E-state index < -0.39 is 30.4 Å². The number of hydrogen-bond donors (Lipinski definition) is 1. The summed E-state index contributed by atoms with van der Waals surface area (Å²) in [7, 11) is 1.26. The Bertz CT molecular complexity index is 902. The molecular weight excluding hydrogens is 398 g/mol. The normalized spacial score (nSPS) is 10.2. The third kappa shape index (κ3) is 5.89. The molecule has 8 nitrogen and oxygen atoms in total. The number of thiophene rings is 1. The molecule has 154 valence electrons. The van der Waals surface area contributed by atoms with Crippen LogP contribution in [0.15, 0.2) is 30.3 Å². The summed E-state index contributed by atoms with van der Waals surface area (Å²) in [6.07, 6.45) is 0.698. The second-order valence-electron chi connectivity index (χ2n) is 5.72. The van der Waals surface area contributed by atoms with E-state index in [1.807, 2.05) is 6.92 Å². The fraction of sp³-hybridized carbons (Fsp3) is 0.300. The zero-order chi connectivity index (χ0) is 21.4. The Morgan fingerprint density at radius 1 is 0.931 bits per heavy atom. The molecule has 1 amide bonds. The van der Waals surface area contributed by atoms with E-state index >= 15 is 0 Å². The van der Waals surface area contributed by atoms with Gasteiger partial charge in [0, 0.05) is 4.88 Å². The van der Waals surface area contributed by atoms with Gasteiger partial charge in [-0.15, -0.1) is 11.3 Å². The van der Waals surface area contributed by atoms with Gasteiger partial charge in [0.2, 0.25) is 0 Å². The van der Waals surface area contributed by atoms with Crippen LogP contribution in [0.4, 0.5) is 5.00 Å². The molecule has 0 fully saturated rings. The van der Waals surface area contributed by atoms with E-state index in [1.165, 1.54) is 42.7 Å². The highest BCUT2D eigenvalue weighted by Crippen LogP contribution is 2.29. The molecule has 1 aromatic carbocycles. The van der Waals surface area contributed by atoms with Gasteiger partial charge in [0.1, 0.15) is 5.00 Å². The summed E-state index contributed by atoms with van der Waals surface area (Å²) in [6.45, 7) is 3.31. The Labute approximate surface area is 171 Å². The lowest BCUT2D eigenvalue weighted by atomic mass is 10.1. The fourth-order valence-electron chi connectivity index (χ4n) is 2.31. The van der Waals surface area contributed by atoms with Crippen molar-refractivity contribution in [1.82, 2.24) is 0 Å². The van der Waals surface area contributed by atoms with E-state index in [1.54, 1.807) is 13.0 Å². The highest BCUT2D eigenvalue weighted by molar-refractivity contribution is 7.16. The zero-order valence-corrected chi connectivity index (χ0v) is 17.1. The van der Waals surface area contributed by atoms with Crippen molar-refractivity contribution in [2.24, 2.45) is 0 Å². The smallest absolute Gasteiger partial charge is 0.341 e. The third-order valence-electron chi connectivity index (χ3n) is 3.76. The molecule has 0 aliphatic heterocycles. The fourth-order valence-corrected chi connectivity index (χ4v) is 3.31. The van der Waals surface area contributed by atoms with Crippen LogP contribution in [-0.4, -0.2) is 44.1 Å². The summed E-state index contributed by atoms with van der Waals surface area (Å²) in [5, 5.41) is 2.93. The quantitative estimate of drug-likeness (QED) is 0.517. The van der Waals surface area contributed by atoms with Gasteiger partial charge in [0.15, 0.2) is 6.61 Å². The van der Waals surface area contributed by atoms with Crippen molar-refractivity contribution in [3.63, 3.8) is 0 Å². The molecule has 9 heteroatoms. The average molecular weight is 419 g/mol. The molecule has 29 heavy (non-hydrogen) atoms. The maximum atomic E-state index is 12.2. The molecular formula is C20H21NO7S. The first-order chi connectivity index (χ1) is 13.9. The number of carbonyl (C=O) groups is 4. The standard InChI is InChI=1S/C20H21NO7S/c1-4-14-10-15(20(25)27-5-2)17(29-14)21-16(22)11-28-19(24)13-8-6-12(7-9-13)18(23)26-3/h6-10H,4-5,11H2,1-3H3,(H,21,22). The van der Waals surface area contributed by atoms with Crippen LogP contribution in [0.1, 0.15) is 49.8 Å². The summed E-state index contributed by atoms with van der Waals surface area (Å²) < 4.78 is 14.6. The number of nitrogens with one attached hydrogen (secondary N) is 1. The van der Waals surface area contributed by atoms with Gasteiger partial charge in [0.25, 0.3) is 5.91 Å². The molecule has 0 aliphatic carbocycles. The van der Waals surface area contributed by atoms with Gasteiger partial charge >= 0.3 is 17.9 Å². The first-order valence-electron chi connectivity index (χ1n) is 8.84. The summed E-state index contributed by atoms with van der Waals surface area (Å²) >= 11 is 1.26. The lowest BCUT2D eigenvalue weighted by Crippen LogP contribution is -2.21. The summed E-state index contributed by atoms with van der Waals surface area (Å²) in [4.78, 5) is 48.6. The summed E-state index contributed by atoms with van der Waals surface area (Å²) in [5.41, 5.74) is 0.742. The SMILES string of the molecule is CCOC(=O)c1cc(CC)sc1NC(=O)COC(=O)c1ccc(C(=O)OC)cc1. The van der Waals surface area contributed by atoms with Crippen LogP contribution < -0.4 is 5.32 Å². The third-order valence-corrected chi connectivity index (χ3v) is 4.95. The molecule has 2 rings (SSSR count). The predicted molar refractivity (Wildman–Crippen MR) is 106 cm³/mol. The number of aryl methyl sites for hydroxylation is 1. The minimum atomic E-state index is -0.720. The summed E-state index contributed by atoms with van der Waals surface area (Å²) in [5.74, 6) is -2.35. The van der Waals surface area contributed by atoms with Crippen LogP contribution in [0, 0.1) is 0 Å². The monoisotopic (exact) mass is 419 g/mol. The van der Waals surface area contributed by atoms with Crippen LogP contribution in [0.5, 0.6) is 0 Å². The van der Waals surface area contributed by atoms with Crippen LogP contribution in [-0.2, 0) is 25.4 Å². The topological polar surface area (TPSA) is 108 Å². The second kappa shape index (κ2) is 10.4. The number of ether oxygens (including phenoxy) is 3. The molecule has 0 spiro atoms. The van der Waals surface area contributed by atoms with Crippen molar-refractivity contribution in [3.05, 3.63) is 51.9 Å². The van der Waals surface area contributed by atoms with E-state index in [4.69, 9.17) is 9.47 Å². The summed E-state index contributed by atoms with van der Waals surface area (Å²) in [6, 6.07) is 7.32. The molecule has 0 unspecified atom stereocenters. The van der Waals surface area contributed by atoms with Gasteiger partial charge in [0.05, 0.1) is 30.4 Å². The number of amides is 1. The van der Waals surface area contributed by atoms with E-state index in [-0.39, 0.29) is 23.3 Å². The van der Waals surface area contributed by atoms with Crippen LogP contribution in [0.25, 0.3) is 0 Å². The average Bonchev–Trinajstić information content (AvgIpc) is 3.14. The van der Waals surface area contributed by atoms with E-state index in [0.29, 0.717) is 11.4 Å². The molecule has 2 aromatic rings. The molecule has 0 saturated carbocycles. The van der Waals surface area contributed by atoms with Crippen LogP contribution in [0.2, 0.25) is 0 Å². The lowest BCUT2D eigenvalue weighted by molar-refractivity contribution is -0.119. The van der Waals surface area contributed by atoms with Crippen molar-refractivity contribution in [2.75, 3.05) is 25.6 Å². The number of rotatable bonds is 8. The van der Waals surface area contributed by atoms with Crippen molar-refractivity contribution in [2.45, 2.75) is 20.3 Å². The number of methoxy groups -OCH3 is 1. The Kier molecular flexibility index (Phi) is 7.90. The molecule has 0 saturated heterocycles. The minimum absolute atomic E-state index is 0.182. The van der Waals surface area contributed by atoms with Gasteiger partial charge in [-0.2, -0.15) is 0 Å². The van der Waals surface area contributed by atoms with Crippen molar-refractivity contribution in [3.8, 4) is 0 Å². The number of esters is 3. The maximum Gasteiger partial charge on any atom is 0.341 e. The first kappa shape index (κ1) is 22.1. The van der Waals surface area contributed by atoms with Crippen LogP contribution in [0.3, 0.4) is 0 Å². The lowest BCUT2D eigenvalue weighted by Gasteiger charge is -2.07. The van der Waals surface area contributed by atoms with Gasteiger partial charge < -0.3 is 19.5 Å². The molecule has 1 heterocycles. The Hall–Kier alpha value is -3.20. The number of benzene rings is 1. The minimum Gasteiger partial charge on any atom is -0.465 e. The zero-order valence-electron chi connectivity index (χ0n) is 16.3. The van der Waals surface area contributed by atoms with Gasteiger partial charge in [-0.3, -0.25) is 4.79 Å². The molecule has 0 bridgehead atoms. The largest absolute Gasteiger partial charge is 0.465 e. The molecule has 1 aromatic heterocycles. The predicted octanol–water partition coefficient (Wildman–Crippen LogP) is 3.07. The van der Waals surface area contributed by atoms with E-state index in [9.17, 15) is 19.2 Å². The first-order valence-corrected chi connectivity index (χ1v) is 9.66. The highest BCUT2D eigenvalue weighted by atomic mass is 32.1. The molecule has 0 radical (unpaired) electrons. The molecule has 1 N–H and O–H groups in total. The van der Waals surface area contributed by atoms with Crippen molar-refractivity contribution < 1.29 is 33.4 Å². The van der Waals surface area contributed by atoms with Crippen molar-refractivity contribution >= 4 is 40.2 Å². The molecule has 0 atom stereocenters. The van der Waals surface area contributed by atoms with Gasteiger partial charge in [-0.1, -0.05) is 6.92 Å². The Morgan fingerprint density at radius 3 is 2.10 bits per heavy atom. The van der Waals surface area contributed by atoms with Crippen LogP contribution >= 0.6 is 11.3 Å². The highest BCUT2D eigenvalue weighted by Gasteiger charge is 2.19. The Morgan fingerprint density at radius 2 is 1.55 bits per heavy atom. The van der Waals surface area contributed by atoms with E-state index in [2.05, 4.69) is 10.1 Å². The Balaban J connectivity index is 1.97.